The quantitative estimate of drug-likeness (QED) is 0.618. The molecule has 3 N–H and O–H groups in total. The Balaban J connectivity index is 3.32. The monoisotopic (exact) mass is 244 g/mol. The van der Waals surface area contributed by atoms with Crippen molar-refractivity contribution in [2.75, 3.05) is 0 Å². The highest BCUT2D eigenvalue weighted by Gasteiger charge is 2.28. The summed E-state index contributed by atoms with van der Waals surface area (Å²) in [7, 11) is 0. The summed E-state index contributed by atoms with van der Waals surface area (Å²) in [6.45, 7) is 5.32. The fraction of sp³-hybridized carbons (Fsp3) is 0.444. The summed E-state index contributed by atoms with van der Waals surface area (Å²) in [5, 5.41) is 0. The van der Waals surface area contributed by atoms with Crippen LogP contribution in [0.3, 0.4) is 0 Å². The topological polar surface area (TPSA) is 75.9 Å². The predicted molar refractivity (Wildman–Crippen MR) is 61.8 cm³/mol. The molecule has 0 saturated carbocycles. The third-order valence-electron chi connectivity index (χ3n) is 1.78. The fourth-order valence-electron chi connectivity index (χ4n) is 1.04. The lowest BCUT2D eigenvalue weighted by Gasteiger charge is -2.15. The standard InChI is InChI=1S/C9H12N2O2S2/c1-9(2,3)6(12)4-5(7(10)13)15-8(14)11-4/h1-3H3,(H2,10,13)(H,11,14). The molecule has 1 aromatic rings. The van der Waals surface area contributed by atoms with E-state index in [1.165, 1.54) is 0 Å². The van der Waals surface area contributed by atoms with E-state index in [0.29, 0.717) is 3.95 Å². The van der Waals surface area contributed by atoms with Crippen LogP contribution in [0.25, 0.3) is 0 Å². The van der Waals surface area contributed by atoms with E-state index in [1.807, 2.05) is 0 Å². The number of rotatable bonds is 2. The summed E-state index contributed by atoms with van der Waals surface area (Å²) >= 11 is 5.92. The second-order valence-electron chi connectivity index (χ2n) is 4.16. The molecule has 1 heterocycles. The summed E-state index contributed by atoms with van der Waals surface area (Å²) in [5.74, 6) is -0.788. The van der Waals surface area contributed by atoms with Gasteiger partial charge in [0.1, 0.15) is 10.6 Å². The van der Waals surface area contributed by atoms with E-state index in [2.05, 4.69) is 4.98 Å². The molecule has 0 bridgehead atoms. The normalized spacial score (nSPS) is 11.4. The van der Waals surface area contributed by atoms with Gasteiger partial charge in [0.05, 0.1) is 0 Å². The summed E-state index contributed by atoms with van der Waals surface area (Å²) in [5.41, 5.74) is 4.82. The van der Waals surface area contributed by atoms with Gasteiger partial charge in [-0.3, -0.25) is 9.59 Å². The van der Waals surface area contributed by atoms with Gasteiger partial charge in [-0.2, -0.15) is 0 Å². The molecule has 0 spiro atoms. The molecule has 0 radical (unpaired) electrons. The molecule has 0 aliphatic heterocycles. The molecule has 1 aromatic heterocycles. The van der Waals surface area contributed by atoms with E-state index < -0.39 is 11.3 Å². The first-order valence-corrected chi connectivity index (χ1v) is 5.53. The van der Waals surface area contributed by atoms with E-state index in [9.17, 15) is 9.59 Å². The van der Waals surface area contributed by atoms with Crippen molar-refractivity contribution in [3.8, 4) is 0 Å². The summed E-state index contributed by atoms with van der Waals surface area (Å²) < 4.78 is 0.386. The zero-order valence-corrected chi connectivity index (χ0v) is 10.3. The van der Waals surface area contributed by atoms with Gasteiger partial charge in [0.2, 0.25) is 0 Å². The molecule has 1 amide bonds. The van der Waals surface area contributed by atoms with Crippen molar-refractivity contribution in [3.63, 3.8) is 0 Å². The highest BCUT2D eigenvalue weighted by atomic mass is 32.1. The summed E-state index contributed by atoms with van der Waals surface area (Å²) in [6, 6.07) is 0. The predicted octanol–water partition coefficient (Wildman–Crippen LogP) is 2.13. The van der Waals surface area contributed by atoms with Crippen molar-refractivity contribution in [3.05, 3.63) is 14.5 Å². The molecular formula is C9H12N2O2S2. The Kier molecular flexibility index (Phi) is 3.11. The Hall–Kier alpha value is -1.01. The van der Waals surface area contributed by atoms with Crippen LogP contribution < -0.4 is 5.73 Å². The highest BCUT2D eigenvalue weighted by Crippen LogP contribution is 2.24. The Bertz CT molecular complexity index is 465. The van der Waals surface area contributed by atoms with Gasteiger partial charge >= 0.3 is 0 Å². The number of amides is 1. The van der Waals surface area contributed by atoms with Crippen LogP contribution in [0.15, 0.2) is 0 Å². The number of aromatic nitrogens is 1. The van der Waals surface area contributed by atoms with Crippen LogP contribution in [0.4, 0.5) is 0 Å². The first kappa shape index (κ1) is 12.1. The van der Waals surface area contributed by atoms with Gasteiger partial charge in [-0.05, 0) is 12.2 Å². The number of Topliss-reactive ketones (excluding diaryl/α,β-unsaturated/α-hetero) is 1. The number of ketones is 1. The van der Waals surface area contributed by atoms with E-state index in [1.54, 1.807) is 20.8 Å². The van der Waals surface area contributed by atoms with E-state index in [4.69, 9.17) is 18.0 Å². The average molecular weight is 244 g/mol. The van der Waals surface area contributed by atoms with Crippen LogP contribution in [0.1, 0.15) is 40.9 Å². The molecule has 0 saturated heterocycles. The minimum Gasteiger partial charge on any atom is -0.365 e. The average Bonchev–Trinajstić information content (AvgIpc) is 2.44. The maximum atomic E-state index is 11.9. The van der Waals surface area contributed by atoms with Crippen molar-refractivity contribution in [2.45, 2.75) is 20.8 Å². The van der Waals surface area contributed by atoms with Gasteiger partial charge in [0.25, 0.3) is 5.91 Å². The summed E-state index contributed by atoms with van der Waals surface area (Å²) in [6.07, 6.45) is 0. The summed E-state index contributed by atoms with van der Waals surface area (Å²) in [4.78, 5) is 25.9. The molecule has 0 aliphatic carbocycles. The third-order valence-corrected chi connectivity index (χ3v) is 3.03. The number of thiazole rings is 1. The first-order chi connectivity index (χ1) is 6.73. The second-order valence-corrected chi connectivity index (χ2v) is 5.85. The van der Waals surface area contributed by atoms with Gasteiger partial charge in [-0.15, -0.1) is 0 Å². The van der Waals surface area contributed by atoms with E-state index in [-0.39, 0.29) is 16.4 Å². The zero-order chi connectivity index (χ0) is 11.8. The molecule has 0 atom stereocenters. The number of aromatic amines is 1. The zero-order valence-electron chi connectivity index (χ0n) is 8.71. The largest absolute Gasteiger partial charge is 0.365 e. The molecule has 0 unspecified atom stereocenters. The molecule has 0 aliphatic rings. The van der Waals surface area contributed by atoms with Crippen LogP contribution in [0.2, 0.25) is 0 Å². The van der Waals surface area contributed by atoms with Crippen LogP contribution in [-0.4, -0.2) is 16.7 Å². The molecule has 0 fully saturated rings. The van der Waals surface area contributed by atoms with Gasteiger partial charge in [-0.25, -0.2) is 0 Å². The molecule has 15 heavy (non-hydrogen) atoms. The van der Waals surface area contributed by atoms with Crippen LogP contribution in [-0.2, 0) is 0 Å². The lowest BCUT2D eigenvalue weighted by Crippen LogP contribution is -2.24. The Morgan fingerprint density at radius 1 is 1.40 bits per heavy atom. The van der Waals surface area contributed by atoms with Gasteiger partial charge < -0.3 is 10.7 Å². The van der Waals surface area contributed by atoms with E-state index >= 15 is 0 Å². The lowest BCUT2D eigenvalue weighted by molar-refractivity contribution is 0.0846. The molecular weight excluding hydrogens is 232 g/mol. The van der Waals surface area contributed by atoms with Gasteiger partial charge in [-0.1, -0.05) is 32.1 Å². The van der Waals surface area contributed by atoms with Crippen molar-refractivity contribution in [1.82, 2.24) is 4.98 Å². The number of nitrogens with two attached hydrogens (primary N) is 1. The smallest absolute Gasteiger partial charge is 0.261 e. The highest BCUT2D eigenvalue weighted by molar-refractivity contribution is 7.73. The minimum absolute atomic E-state index is 0.163. The number of carbonyl (C=O) groups excluding carboxylic acids is 2. The molecule has 0 aromatic carbocycles. The van der Waals surface area contributed by atoms with Crippen molar-refractivity contribution < 1.29 is 9.59 Å². The third kappa shape index (κ3) is 2.51. The van der Waals surface area contributed by atoms with E-state index in [0.717, 1.165) is 11.3 Å². The van der Waals surface area contributed by atoms with Crippen LogP contribution >= 0.6 is 23.6 Å². The maximum absolute atomic E-state index is 11.9. The van der Waals surface area contributed by atoms with Crippen molar-refractivity contribution in [1.29, 1.82) is 0 Å². The molecule has 4 nitrogen and oxygen atoms in total. The van der Waals surface area contributed by atoms with Gasteiger partial charge in [0, 0.05) is 5.41 Å². The first-order valence-electron chi connectivity index (χ1n) is 4.31. The number of hydrogen-bond donors (Lipinski definition) is 2. The Morgan fingerprint density at radius 3 is 2.33 bits per heavy atom. The lowest BCUT2D eigenvalue weighted by atomic mass is 9.88. The van der Waals surface area contributed by atoms with Gasteiger partial charge in [0.15, 0.2) is 9.74 Å². The number of H-pyrrole nitrogens is 1. The van der Waals surface area contributed by atoms with Crippen LogP contribution in [0, 0.1) is 9.37 Å². The minimum atomic E-state index is -0.625. The molecule has 82 valence electrons. The molecule has 1 rings (SSSR count). The second kappa shape index (κ2) is 3.86. The fourth-order valence-corrected chi connectivity index (χ4v) is 2.07. The maximum Gasteiger partial charge on any atom is 0.261 e. The number of nitrogens with one attached hydrogen (secondary N) is 1. The SMILES string of the molecule is CC(C)(C)C(=O)c1[nH]c(=S)sc1C(N)=O. The number of primary amides is 1. The van der Waals surface area contributed by atoms with Crippen LogP contribution in [0.5, 0.6) is 0 Å². The molecule has 6 heteroatoms. The Labute approximate surface area is 96.5 Å². The number of hydrogen-bond acceptors (Lipinski definition) is 4. The Morgan fingerprint density at radius 2 is 1.93 bits per heavy atom. The van der Waals surface area contributed by atoms with Crippen molar-refractivity contribution >= 4 is 35.2 Å². The van der Waals surface area contributed by atoms with Crippen molar-refractivity contribution in [2.24, 2.45) is 11.1 Å². The number of carbonyl (C=O) groups is 2.